The van der Waals surface area contributed by atoms with Crippen molar-refractivity contribution in [3.8, 4) is 0 Å². The van der Waals surface area contributed by atoms with Crippen LogP contribution in [0.5, 0.6) is 0 Å². The zero-order valence-corrected chi connectivity index (χ0v) is 14.2. The molecule has 4 atom stereocenters. The molecular weight excluding hydrogens is 316 g/mol. The van der Waals surface area contributed by atoms with E-state index >= 15 is 0 Å². The monoisotopic (exact) mass is 346 g/mol. The van der Waals surface area contributed by atoms with Crippen molar-refractivity contribution in [1.29, 1.82) is 0 Å². The summed E-state index contributed by atoms with van der Waals surface area (Å²) in [4.78, 5) is 12.2. The normalized spacial score (nSPS) is 30.8. The number of aliphatic hydroxyl groups excluding tert-OH is 2. The van der Waals surface area contributed by atoms with Gasteiger partial charge in [0.05, 0.1) is 38.6 Å². The molecule has 7 nitrogen and oxygen atoms in total. The molecule has 0 aliphatic heterocycles. The Morgan fingerprint density at radius 3 is 1.46 bits per heavy atom. The molecule has 2 rings (SSSR count). The van der Waals surface area contributed by atoms with Gasteiger partial charge < -0.3 is 29.2 Å². The average Bonchev–Trinajstić information content (AvgIpc) is 2.60. The van der Waals surface area contributed by atoms with Gasteiger partial charge in [0.15, 0.2) is 0 Å². The zero-order chi connectivity index (χ0) is 17.2. The molecule has 0 bridgehead atoms. The van der Waals surface area contributed by atoms with Gasteiger partial charge in [0.25, 0.3) is 0 Å². The topological polar surface area (TPSA) is 94.5 Å². The number of carbonyl (C=O) groups excluding carboxylic acids is 1. The number of hydrogen-bond acceptors (Lipinski definition) is 7. The van der Waals surface area contributed by atoms with Gasteiger partial charge in [-0.25, -0.2) is 4.79 Å². The third-order valence-electron chi connectivity index (χ3n) is 4.63. The molecule has 0 aromatic carbocycles. The smallest absolute Gasteiger partial charge is 0.428 e. The highest BCUT2D eigenvalue weighted by atomic mass is 16.7. The lowest BCUT2D eigenvalue weighted by molar-refractivity contribution is -0.115. The minimum atomic E-state index is -0.677. The first-order valence-corrected chi connectivity index (χ1v) is 9.06. The van der Waals surface area contributed by atoms with Crippen LogP contribution in [0.15, 0.2) is 0 Å². The molecule has 0 amide bonds. The molecule has 0 aromatic heterocycles. The fraction of sp³-hybridized carbons (Fsp3) is 0.941. The average molecular weight is 346 g/mol. The maximum atomic E-state index is 12.2. The lowest BCUT2D eigenvalue weighted by atomic mass is 9.94. The first-order valence-electron chi connectivity index (χ1n) is 9.06. The first kappa shape index (κ1) is 19.4. The van der Waals surface area contributed by atoms with Gasteiger partial charge in [-0.15, -0.1) is 0 Å². The minimum Gasteiger partial charge on any atom is -0.428 e. The van der Waals surface area contributed by atoms with Crippen LogP contribution in [0.3, 0.4) is 0 Å². The fourth-order valence-corrected chi connectivity index (χ4v) is 3.46. The van der Waals surface area contributed by atoms with E-state index in [1.54, 1.807) is 0 Å². The number of hydrogen-bond donors (Lipinski definition) is 2. The van der Waals surface area contributed by atoms with Crippen molar-refractivity contribution in [2.24, 2.45) is 0 Å². The first-order chi connectivity index (χ1) is 11.7. The van der Waals surface area contributed by atoms with Crippen molar-refractivity contribution >= 4 is 6.16 Å². The molecule has 0 saturated heterocycles. The Kier molecular flexibility index (Phi) is 8.80. The highest BCUT2D eigenvalue weighted by molar-refractivity contribution is 5.60. The SMILES string of the molecule is O=C(OC1CCCCC1OCCO)OC1CCCCC1OCCO. The summed E-state index contributed by atoms with van der Waals surface area (Å²) in [7, 11) is 0. The quantitative estimate of drug-likeness (QED) is 0.647. The standard InChI is InChI=1S/C17H30O7/c18-9-11-21-13-5-1-3-7-15(13)23-17(20)24-16-8-4-2-6-14(16)22-12-10-19/h13-16,18-19H,1-12H2. The highest BCUT2D eigenvalue weighted by Crippen LogP contribution is 2.27. The second-order valence-corrected chi connectivity index (χ2v) is 6.40. The van der Waals surface area contributed by atoms with Gasteiger partial charge in [-0.1, -0.05) is 12.8 Å². The van der Waals surface area contributed by atoms with Crippen molar-refractivity contribution in [2.45, 2.75) is 75.8 Å². The van der Waals surface area contributed by atoms with Crippen molar-refractivity contribution < 1.29 is 34.0 Å². The maximum absolute atomic E-state index is 12.2. The Bertz CT molecular complexity index is 331. The summed E-state index contributed by atoms with van der Waals surface area (Å²) >= 11 is 0. The molecule has 24 heavy (non-hydrogen) atoms. The van der Waals surface area contributed by atoms with E-state index in [0.29, 0.717) is 0 Å². The van der Waals surface area contributed by atoms with Crippen LogP contribution < -0.4 is 0 Å². The Morgan fingerprint density at radius 2 is 1.08 bits per heavy atom. The molecule has 2 fully saturated rings. The van der Waals surface area contributed by atoms with Crippen LogP contribution in [0.2, 0.25) is 0 Å². The van der Waals surface area contributed by atoms with Crippen molar-refractivity contribution in [3.63, 3.8) is 0 Å². The predicted molar refractivity (Wildman–Crippen MR) is 85.7 cm³/mol. The number of aliphatic hydroxyl groups is 2. The summed E-state index contributed by atoms with van der Waals surface area (Å²) in [5, 5.41) is 17.8. The van der Waals surface area contributed by atoms with Gasteiger partial charge in [-0.3, -0.25) is 0 Å². The zero-order valence-electron chi connectivity index (χ0n) is 14.2. The summed E-state index contributed by atoms with van der Waals surface area (Å²) in [6.45, 7) is 0.414. The van der Waals surface area contributed by atoms with Crippen LogP contribution in [0.4, 0.5) is 4.79 Å². The van der Waals surface area contributed by atoms with E-state index in [1.165, 1.54) is 0 Å². The van der Waals surface area contributed by atoms with Gasteiger partial charge >= 0.3 is 6.16 Å². The van der Waals surface area contributed by atoms with Crippen LogP contribution in [0, 0.1) is 0 Å². The molecule has 0 spiro atoms. The Balaban J connectivity index is 1.81. The fourth-order valence-electron chi connectivity index (χ4n) is 3.46. The molecule has 0 radical (unpaired) electrons. The summed E-state index contributed by atoms with van der Waals surface area (Å²) in [5.74, 6) is 0. The van der Waals surface area contributed by atoms with Crippen molar-refractivity contribution in [1.82, 2.24) is 0 Å². The molecule has 2 aliphatic carbocycles. The van der Waals surface area contributed by atoms with Crippen LogP contribution in [-0.2, 0) is 18.9 Å². The van der Waals surface area contributed by atoms with Gasteiger partial charge in [0, 0.05) is 0 Å². The Morgan fingerprint density at radius 1 is 0.708 bits per heavy atom. The predicted octanol–water partition coefficient (Wildman–Crippen LogP) is 1.78. The van der Waals surface area contributed by atoms with E-state index in [1.807, 2.05) is 0 Å². The summed E-state index contributed by atoms with van der Waals surface area (Å²) in [6, 6.07) is 0. The molecule has 2 saturated carbocycles. The summed E-state index contributed by atoms with van der Waals surface area (Å²) in [6.07, 6.45) is 5.52. The maximum Gasteiger partial charge on any atom is 0.509 e. The molecule has 0 heterocycles. The number of ether oxygens (including phenoxy) is 4. The van der Waals surface area contributed by atoms with E-state index in [-0.39, 0.29) is 50.8 Å². The van der Waals surface area contributed by atoms with Crippen LogP contribution in [0.1, 0.15) is 51.4 Å². The van der Waals surface area contributed by atoms with E-state index in [2.05, 4.69) is 0 Å². The van der Waals surface area contributed by atoms with Crippen molar-refractivity contribution in [3.05, 3.63) is 0 Å². The van der Waals surface area contributed by atoms with E-state index in [0.717, 1.165) is 51.4 Å². The van der Waals surface area contributed by atoms with Gasteiger partial charge in [-0.2, -0.15) is 0 Å². The van der Waals surface area contributed by atoms with Gasteiger partial charge in [0.2, 0.25) is 0 Å². The Hall–Kier alpha value is -0.890. The van der Waals surface area contributed by atoms with Crippen molar-refractivity contribution in [2.75, 3.05) is 26.4 Å². The van der Waals surface area contributed by atoms with E-state index in [9.17, 15) is 4.79 Å². The highest BCUT2D eigenvalue weighted by Gasteiger charge is 2.33. The number of rotatable bonds is 8. The molecule has 2 N–H and O–H groups in total. The molecule has 2 aliphatic rings. The largest absolute Gasteiger partial charge is 0.509 e. The number of carbonyl (C=O) groups is 1. The van der Waals surface area contributed by atoms with Gasteiger partial charge in [0.1, 0.15) is 12.2 Å². The van der Waals surface area contributed by atoms with E-state index < -0.39 is 6.16 Å². The second kappa shape index (κ2) is 10.9. The van der Waals surface area contributed by atoms with Crippen LogP contribution in [-0.4, -0.2) is 67.2 Å². The molecule has 0 aromatic rings. The molecule has 7 heteroatoms. The third kappa shape index (κ3) is 6.20. The van der Waals surface area contributed by atoms with Crippen LogP contribution in [0.25, 0.3) is 0 Å². The molecular formula is C17H30O7. The summed E-state index contributed by atoms with van der Waals surface area (Å²) < 4.78 is 22.1. The lowest BCUT2D eigenvalue weighted by Crippen LogP contribution is -2.40. The summed E-state index contributed by atoms with van der Waals surface area (Å²) in [5.41, 5.74) is 0. The molecule has 4 unspecified atom stereocenters. The lowest BCUT2D eigenvalue weighted by Gasteiger charge is -2.33. The molecule has 140 valence electrons. The minimum absolute atomic E-state index is 0.0420. The third-order valence-corrected chi connectivity index (χ3v) is 4.63. The van der Waals surface area contributed by atoms with Crippen LogP contribution >= 0.6 is 0 Å². The van der Waals surface area contributed by atoms with Gasteiger partial charge in [-0.05, 0) is 38.5 Å². The van der Waals surface area contributed by atoms with E-state index in [4.69, 9.17) is 29.2 Å². The Labute approximate surface area is 143 Å². The second-order valence-electron chi connectivity index (χ2n) is 6.40.